The molecular weight excluding hydrogens is 236 g/mol. The lowest BCUT2D eigenvalue weighted by molar-refractivity contribution is 0.228. The zero-order valence-corrected chi connectivity index (χ0v) is 10.7. The quantitative estimate of drug-likeness (QED) is 0.649. The molecule has 1 saturated heterocycles. The molecule has 1 N–H and O–H groups in total. The van der Waals surface area contributed by atoms with Gasteiger partial charge in [-0.15, -0.1) is 0 Å². The third-order valence-electron chi connectivity index (χ3n) is 3.23. The first-order valence-corrected chi connectivity index (χ1v) is 6.24. The molecule has 0 saturated carbocycles. The Morgan fingerprint density at radius 3 is 2.71 bits per heavy atom. The van der Waals surface area contributed by atoms with Gasteiger partial charge < -0.3 is 5.21 Å². The summed E-state index contributed by atoms with van der Waals surface area (Å²) in [6.07, 6.45) is 0.852. The minimum absolute atomic E-state index is 0.334. The van der Waals surface area contributed by atoms with Gasteiger partial charge in [-0.1, -0.05) is 35.8 Å². The van der Waals surface area contributed by atoms with Gasteiger partial charge >= 0.3 is 0 Å². The normalized spacial score (nSPS) is 24.1. The van der Waals surface area contributed by atoms with Gasteiger partial charge in [-0.3, -0.25) is 4.90 Å². The highest BCUT2D eigenvalue weighted by atomic mass is 35.5. The van der Waals surface area contributed by atoms with Crippen molar-refractivity contribution in [3.05, 3.63) is 34.9 Å². The van der Waals surface area contributed by atoms with Crippen LogP contribution >= 0.6 is 11.6 Å². The Morgan fingerprint density at radius 2 is 2.12 bits per heavy atom. The predicted octanol–water partition coefficient (Wildman–Crippen LogP) is 3.01. The highest BCUT2D eigenvalue weighted by Gasteiger charge is 2.22. The first kappa shape index (κ1) is 12.4. The zero-order valence-electron chi connectivity index (χ0n) is 9.93. The van der Waals surface area contributed by atoms with Crippen molar-refractivity contribution in [2.75, 3.05) is 13.1 Å². The summed E-state index contributed by atoms with van der Waals surface area (Å²) in [4.78, 5) is 2.38. The monoisotopic (exact) mass is 252 g/mol. The van der Waals surface area contributed by atoms with Gasteiger partial charge in [-0.2, -0.15) is 0 Å². The lowest BCUT2D eigenvalue weighted by atomic mass is 9.97. The molecule has 0 amide bonds. The summed E-state index contributed by atoms with van der Waals surface area (Å²) in [6, 6.07) is 7.96. The van der Waals surface area contributed by atoms with Crippen molar-refractivity contribution in [2.45, 2.75) is 19.9 Å². The Balaban J connectivity index is 1.95. The molecule has 2 rings (SSSR count). The fourth-order valence-corrected chi connectivity index (χ4v) is 2.37. The number of nitrogens with zero attached hydrogens (tertiary/aromatic N) is 2. The van der Waals surface area contributed by atoms with Crippen molar-refractivity contribution in [3.63, 3.8) is 0 Å². The van der Waals surface area contributed by atoms with Crippen LogP contribution in [0.15, 0.2) is 29.4 Å². The molecule has 1 aromatic rings. The number of piperidine rings is 1. The van der Waals surface area contributed by atoms with Gasteiger partial charge in [0.15, 0.2) is 0 Å². The summed E-state index contributed by atoms with van der Waals surface area (Å²) < 4.78 is 0. The molecule has 1 unspecified atom stereocenters. The first-order valence-electron chi connectivity index (χ1n) is 5.86. The molecule has 1 aliphatic heterocycles. The van der Waals surface area contributed by atoms with E-state index in [9.17, 15) is 0 Å². The van der Waals surface area contributed by atoms with Gasteiger partial charge in [0.25, 0.3) is 0 Å². The molecule has 0 spiro atoms. The van der Waals surface area contributed by atoms with E-state index in [0.717, 1.165) is 36.8 Å². The topological polar surface area (TPSA) is 35.8 Å². The summed E-state index contributed by atoms with van der Waals surface area (Å²) in [5.41, 5.74) is 2.18. The van der Waals surface area contributed by atoms with E-state index in [0.29, 0.717) is 5.92 Å². The summed E-state index contributed by atoms with van der Waals surface area (Å²) in [6.45, 7) is 4.93. The van der Waals surface area contributed by atoms with Crippen LogP contribution in [0.1, 0.15) is 18.9 Å². The standard InChI is InChI=1S/C13H17ClN2O/c1-10-8-16(7-6-13(10)15-17)9-11-2-4-12(14)5-3-11/h2-5,10,17H,6-9H2,1H3/b15-13+. The van der Waals surface area contributed by atoms with Crippen molar-refractivity contribution in [2.24, 2.45) is 11.1 Å². The van der Waals surface area contributed by atoms with E-state index in [1.54, 1.807) is 0 Å². The van der Waals surface area contributed by atoms with Crippen LogP contribution in [-0.2, 0) is 6.54 Å². The second-order valence-electron chi connectivity index (χ2n) is 4.60. The van der Waals surface area contributed by atoms with Crippen molar-refractivity contribution < 1.29 is 5.21 Å². The molecule has 4 heteroatoms. The predicted molar refractivity (Wildman–Crippen MR) is 69.7 cm³/mol. The number of oxime groups is 1. The molecule has 1 aromatic carbocycles. The Bertz CT molecular complexity index is 402. The van der Waals surface area contributed by atoms with Gasteiger partial charge in [0, 0.05) is 37.0 Å². The molecule has 3 nitrogen and oxygen atoms in total. The Hall–Kier alpha value is -1.06. The molecule has 0 bridgehead atoms. The maximum atomic E-state index is 8.82. The number of hydrogen-bond donors (Lipinski definition) is 1. The van der Waals surface area contributed by atoms with E-state index < -0.39 is 0 Å². The van der Waals surface area contributed by atoms with Gasteiger partial charge in [-0.05, 0) is 17.7 Å². The molecule has 1 heterocycles. The van der Waals surface area contributed by atoms with E-state index >= 15 is 0 Å². The van der Waals surface area contributed by atoms with Crippen LogP contribution in [0.5, 0.6) is 0 Å². The van der Waals surface area contributed by atoms with Crippen LogP contribution in [0.3, 0.4) is 0 Å². The van der Waals surface area contributed by atoms with E-state index in [4.69, 9.17) is 16.8 Å². The lowest BCUT2D eigenvalue weighted by Gasteiger charge is -2.31. The van der Waals surface area contributed by atoms with E-state index in [-0.39, 0.29) is 0 Å². The third-order valence-corrected chi connectivity index (χ3v) is 3.48. The van der Waals surface area contributed by atoms with Crippen molar-refractivity contribution in [1.29, 1.82) is 0 Å². The van der Waals surface area contributed by atoms with E-state index in [1.807, 2.05) is 12.1 Å². The third kappa shape index (κ3) is 3.20. The number of hydrogen-bond acceptors (Lipinski definition) is 3. The van der Waals surface area contributed by atoms with Crippen LogP contribution < -0.4 is 0 Å². The number of halogens is 1. The van der Waals surface area contributed by atoms with Crippen LogP contribution in [0, 0.1) is 5.92 Å². The molecule has 17 heavy (non-hydrogen) atoms. The van der Waals surface area contributed by atoms with Crippen LogP contribution in [0.2, 0.25) is 5.02 Å². The number of rotatable bonds is 2. The summed E-state index contributed by atoms with van der Waals surface area (Å²) in [5.74, 6) is 0.334. The molecule has 1 aliphatic rings. The Morgan fingerprint density at radius 1 is 1.41 bits per heavy atom. The first-order chi connectivity index (χ1) is 8.19. The van der Waals surface area contributed by atoms with Crippen molar-refractivity contribution in [1.82, 2.24) is 4.90 Å². The largest absolute Gasteiger partial charge is 0.411 e. The minimum Gasteiger partial charge on any atom is -0.411 e. The molecule has 1 fully saturated rings. The molecular formula is C13H17ClN2O. The average Bonchev–Trinajstić information content (AvgIpc) is 2.32. The molecule has 1 atom stereocenters. The van der Waals surface area contributed by atoms with E-state index in [2.05, 4.69) is 29.1 Å². The SMILES string of the molecule is CC1CN(Cc2ccc(Cl)cc2)CC/C1=N\O. The summed E-state index contributed by atoms with van der Waals surface area (Å²) >= 11 is 5.86. The second-order valence-corrected chi connectivity index (χ2v) is 5.04. The summed E-state index contributed by atoms with van der Waals surface area (Å²) in [5, 5.41) is 13.0. The van der Waals surface area contributed by atoms with Crippen molar-refractivity contribution >= 4 is 17.3 Å². The highest BCUT2D eigenvalue weighted by Crippen LogP contribution is 2.17. The van der Waals surface area contributed by atoms with Crippen molar-refractivity contribution in [3.8, 4) is 0 Å². The maximum Gasteiger partial charge on any atom is 0.0624 e. The van der Waals surface area contributed by atoms with Crippen LogP contribution in [0.4, 0.5) is 0 Å². The fourth-order valence-electron chi connectivity index (χ4n) is 2.24. The second kappa shape index (κ2) is 5.52. The number of likely N-dealkylation sites (tertiary alicyclic amines) is 1. The fraction of sp³-hybridized carbons (Fsp3) is 0.462. The average molecular weight is 253 g/mol. The Kier molecular flexibility index (Phi) is 4.02. The molecule has 0 aromatic heterocycles. The smallest absolute Gasteiger partial charge is 0.0624 e. The molecule has 0 aliphatic carbocycles. The molecule has 92 valence electrons. The summed E-state index contributed by atoms with van der Waals surface area (Å²) in [7, 11) is 0. The highest BCUT2D eigenvalue weighted by molar-refractivity contribution is 6.30. The molecule has 0 radical (unpaired) electrons. The number of benzene rings is 1. The van der Waals surface area contributed by atoms with Gasteiger partial charge in [0.1, 0.15) is 0 Å². The lowest BCUT2D eigenvalue weighted by Crippen LogP contribution is -2.39. The van der Waals surface area contributed by atoms with Gasteiger partial charge in [0.05, 0.1) is 5.71 Å². The Labute approximate surface area is 107 Å². The van der Waals surface area contributed by atoms with Gasteiger partial charge in [0.2, 0.25) is 0 Å². The maximum absolute atomic E-state index is 8.82. The van der Waals surface area contributed by atoms with Crippen LogP contribution in [0.25, 0.3) is 0 Å². The minimum atomic E-state index is 0.334. The van der Waals surface area contributed by atoms with E-state index in [1.165, 1.54) is 5.56 Å². The zero-order chi connectivity index (χ0) is 12.3. The van der Waals surface area contributed by atoms with Crippen LogP contribution in [-0.4, -0.2) is 28.9 Å². The van der Waals surface area contributed by atoms with Gasteiger partial charge in [-0.25, -0.2) is 0 Å².